The molecule has 0 radical (unpaired) electrons. The molecule has 1 fully saturated rings. The number of para-hydroxylation sites is 1. The van der Waals surface area contributed by atoms with Gasteiger partial charge in [0.05, 0.1) is 18.6 Å². The minimum absolute atomic E-state index is 0.271. The van der Waals surface area contributed by atoms with Crippen LogP contribution in [-0.2, 0) is 17.8 Å². The monoisotopic (exact) mass is 340 g/mol. The number of imidazole rings is 1. The van der Waals surface area contributed by atoms with Gasteiger partial charge in [-0.2, -0.15) is 0 Å². The lowest BCUT2D eigenvalue weighted by molar-refractivity contribution is 0.188. The van der Waals surface area contributed by atoms with Gasteiger partial charge in [0.25, 0.3) is 5.56 Å². The van der Waals surface area contributed by atoms with E-state index in [9.17, 15) is 9.59 Å². The summed E-state index contributed by atoms with van der Waals surface area (Å²) >= 11 is 0. The van der Waals surface area contributed by atoms with E-state index in [-0.39, 0.29) is 11.2 Å². The summed E-state index contributed by atoms with van der Waals surface area (Å²) in [7, 11) is 1.62. The zero-order chi connectivity index (χ0) is 17.4. The van der Waals surface area contributed by atoms with Crippen molar-refractivity contribution in [1.82, 2.24) is 18.7 Å². The zero-order valence-electron chi connectivity index (χ0n) is 14.1. The molecule has 4 rings (SSSR count). The molecule has 1 aromatic carbocycles. The summed E-state index contributed by atoms with van der Waals surface area (Å²) in [6.07, 6.45) is 3.74. The van der Waals surface area contributed by atoms with Gasteiger partial charge in [-0.3, -0.25) is 9.36 Å². The van der Waals surface area contributed by atoms with E-state index in [1.807, 2.05) is 30.3 Å². The van der Waals surface area contributed by atoms with Crippen LogP contribution >= 0.6 is 0 Å². The quantitative estimate of drug-likeness (QED) is 0.680. The number of hydrogen-bond donors (Lipinski definition) is 0. The van der Waals surface area contributed by atoms with Crippen molar-refractivity contribution < 1.29 is 4.74 Å². The Morgan fingerprint density at radius 2 is 1.96 bits per heavy atom. The Balaban J connectivity index is 2.00. The van der Waals surface area contributed by atoms with Crippen molar-refractivity contribution in [2.24, 2.45) is 5.92 Å². The number of aromatic nitrogens is 4. The van der Waals surface area contributed by atoms with Crippen molar-refractivity contribution in [1.29, 1.82) is 0 Å². The van der Waals surface area contributed by atoms with E-state index in [1.54, 1.807) is 18.0 Å². The van der Waals surface area contributed by atoms with Gasteiger partial charge in [-0.1, -0.05) is 18.2 Å². The van der Waals surface area contributed by atoms with Crippen LogP contribution in [-0.4, -0.2) is 32.4 Å². The van der Waals surface area contributed by atoms with Crippen LogP contribution in [0.25, 0.3) is 16.9 Å². The Bertz CT molecular complexity index is 1010. The van der Waals surface area contributed by atoms with Gasteiger partial charge in [-0.25, -0.2) is 14.3 Å². The predicted octanol–water partition coefficient (Wildman–Crippen LogP) is 1.41. The van der Waals surface area contributed by atoms with E-state index in [0.29, 0.717) is 42.5 Å². The average molecular weight is 340 g/mol. The first-order valence-electron chi connectivity index (χ1n) is 8.45. The van der Waals surface area contributed by atoms with E-state index < -0.39 is 0 Å². The second-order valence-corrected chi connectivity index (χ2v) is 6.42. The highest BCUT2D eigenvalue weighted by Crippen LogP contribution is 2.29. The molecule has 7 heteroatoms. The van der Waals surface area contributed by atoms with Crippen molar-refractivity contribution in [3.63, 3.8) is 0 Å². The summed E-state index contributed by atoms with van der Waals surface area (Å²) in [6.45, 7) is 1.45. The minimum Gasteiger partial charge on any atom is -0.383 e. The molecular weight excluding hydrogens is 320 g/mol. The Labute approximate surface area is 144 Å². The van der Waals surface area contributed by atoms with E-state index >= 15 is 0 Å². The van der Waals surface area contributed by atoms with Crippen molar-refractivity contribution in [2.45, 2.75) is 25.9 Å². The maximum Gasteiger partial charge on any atom is 0.337 e. The first kappa shape index (κ1) is 15.8. The lowest BCUT2D eigenvalue weighted by Crippen LogP contribution is -2.40. The molecule has 0 aliphatic heterocycles. The molecule has 0 spiro atoms. The third-order valence-electron chi connectivity index (χ3n) is 4.59. The highest BCUT2D eigenvalue weighted by atomic mass is 16.5. The predicted molar refractivity (Wildman–Crippen MR) is 94.2 cm³/mol. The lowest BCUT2D eigenvalue weighted by atomic mass is 10.3. The number of hydrogen-bond acceptors (Lipinski definition) is 4. The number of nitrogens with zero attached hydrogens (tertiary/aromatic N) is 4. The van der Waals surface area contributed by atoms with Gasteiger partial charge >= 0.3 is 5.69 Å². The molecular formula is C18H20N4O3. The average Bonchev–Trinajstić information content (AvgIpc) is 3.36. The first-order valence-corrected chi connectivity index (χ1v) is 8.45. The summed E-state index contributed by atoms with van der Waals surface area (Å²) in [5.74, 6) is 0.419. The summed E-state index contributed by atoms with van der Waals surface area (Å²) in [6, 6.07) is 9.32. The van der Waals surface area contributed by atoms with Crippen LogP contribution in [0.2, 0.25) is 0 Å². The normalized spacial score (nSPS) is 14.3. The van der Waals surface area contributed by atoms with Gasteiger partial charge in [-0.15, -0.1) is 0 Å². The third-order valence-corrected chi connectivity index (χ3v) is 4.59. The molecule has 1 saturated carbocycles. The maximum absolute atomic E-state index is 13.0. The fourth-order valence-corrected chi connectivity index (χ4v) is 3.07. The molecule has 1 aliphatic carbocycles. The SMILES string of the molecule is COCCn1cnc2c1c(=O)n(CC1CC1)c(=O)n2-c1ccccc1. The van der Waals surface area contributed by atoms with E-state index in [4.69, 9.17) is 4.74 Å². The van der Waals surface area contributed by atoms with Crippen LogP contribution in [0.1, 0.15) is 12.8 Å². The molecule has 0 N–H and O–H groups in total. The van der Waals surface area contributed by atoms with Gasteiger partial charge in [0.1, 0.15) is 0 Å². The number of benzene rings is 1. The van der Waals surface area contributed by atoms with Crippen molar-refractivity contribution in [3.05, 3.63) is 57.5 Å². The Morgan fingerprint density at radius 1 is 1.20 bits per heavy atom. The van der Waals surface area contributed by atoms with Crippen molar-refractivity contribution in [2.75, 3.05) is 13.7 Å². The van der Waals surface area contributed by atoms with E-state index in [2.05, 4.69) is 4.98 Å². The Hall–Kier alpha value is -2.67. The zero-order valence-corrected chi connectivity index (χ0v) is 14.1. The number of methoxy groups -OCH3 is 1. The van der Waals surface area contributed by atoms with Crippen LogP contribution < -0.4 is 11.2 Å². The van der Waals surface area contributed by atoms with Gasteiger partial charge in [-0.05, 0) is 30.9 Å². The second kappa shape index (κ2) is 6.33. The summed E-state index contributed by atoms with van der Waals surface area (Å²) < 4.78 is 9.78. The molecule has 2 heterocycles. The smallest absolute Gasteiger partial charge is 0.337 e. The van der Waals surface area contributed by atoms with Crippen LogP contribution in [0.5, 0.6) is 0 Å². The molecule has 1 aliphatic rings. The van der Waals surface area contributed by atoms with Crippen LogP contribution in [0.4, 0.5) is 0 Å². The molecule has 0 atom stereocenters. The van der Waals surface area contributed by atoms with Crippen LogP contribution in [0.15, 0.2) is 46.2 Å². The maximum atomic E-state index is 13.0. The number of rotatable bonds is 6. The molecule has 0 amide bonds. The summed E-state index contributed by atoms with van der Waals surface area (Å²) in [5.41, 5.74) is 0.949. The molecule has 25 heavy (non-hydrogen) atoms. The topological polar surface area (TPSA) is 71.1 Å². The molecule has 130 valence electrons. The molecule has 2 aromatic heterocycles. The van der Waals surface area contributed by atoms with E-state index in [1.165, 1.54) is 9.13 Å². The van der Waals surface area contributed by atoms with Crippen molar-refractivity contribution in [3.8, 4) is 5.69 Å². The molecule has 0 unspecified atom stereocenters. The third kappa shape index (κ3) is 2.80. The highest BCUT2D eigenvalue weighted by Gasteiger charge is 2.26. The summed E-state index contributed by atoms with van der Waals surface area (Å²) in [4.78, 5) is 30.4. The van der Waals surface area contributed by atoms with Crippen LogP contribution in [0.3, 0.4) is 0 Å². The van der Waals surface area contributed by atoms with Gasteiger partial charge in [0.2, 0.25) is 0 Å². The van der Waals surface area contributed by atoms with E-state index in [0.717, 1.165) is 12.8 Å². The lowest BCUT2D eigenvalue weighted by Gasteiger charge is -2.12. The fourth-order valence-electron chi connectivity index (χ4n) is 3.07. The second-order valence-electron chi connectivity index (χ2n) is 6.42. The summed E-state index contributed by atoms with van der Waals surface area (Å²) in [5, 5.41) is 0. The largest absolute Gasteiger partial charge is 0.383 e. The number of ether oxygens (including phenoxy) is 1. The highest BCUT2D eigenvalue weighted by molar-refractivity contribution is 5.72. The molecule has 3 aromatic rings. The van der Waals surface area contributed by atoms with Gasteiger partial charge < -0.3 is 9.30 Å². The Kier molecular flexibility index (Phi) is 4.01. The van der Waals surface area contributed by atoms with Gasteiger partial charge in [0, 0.05) is 20.2 Å². The molecule has 7 nitrogen and oxygen atoms in total. The molecule has 0 bridgehead atoms. The number of fused-ring (bicyclic) bond motifs is 1. The van der Waals surface area contributed by atoms with Gasteiger partial charge in [0.15, 0.2) is 11.2 Å². The minimum atomic E-state index is -0.326. The standard InChI is InChI=1S/C18H20N4O3/c1-25-10-9-20-12-19-16-15(20)17(23)21(11-13-7-8-13)18(24)22(16)14-5-3-2-4-6-14/h2-6,12-13H,7-11H2,1H3. The first-order chi connectivity index (χ1) is 12.2. The van der Waals surface area contributed by atoms with Crippen molar-refractivity contribution >= 4 is 11.2 Å². The van der Waals surface area contributed by atoms with Crippen LogP contribution in [0, 0.1) is 5.92 Å². The fraction of sp³-hybridized carbons (Fsp3) is 0.389. The molecule has 0 saturated heterocycles. The Morgan fingerprint density at radius 3 is 2.64 bits per heavy atom.